The largest absolute Gasteiger partial charge is 0.370 e. The second-order valence-corrected chi connectivity index (χ2v) is 7.28. The number of nitrogens with one attached hydrogen (secondary N) is 3. The van der Waals surface area contributed by atoms with E-state index in [2.05, 4.69) is 31.1 Å². The van der Waals surface area contributed by atoms with Crippen molar-refractivity contribution in [2.75, 3.05) is 11.9 Å². The Balaban J connectivity index is 1.58. The van der Waals surface area contributed by atoms with E-state index in [0.717, 1.165) is 4.68 Å². The molecule has 11 heteroatoms. The molecule has 1 unspecified atom stereocenters. The SMILES string of the molecule is Cc1[nH]c(/C=C2\C(=O)Nc3ccc(Cl)cc32)c(C)c1C(=O)NCC(O)n1cnnn1. The number of aromatic nitrogens is 5. The van der Waals surface area contributed by atoms with Crippen LogP contribution in [0.25, 0.3) is 11.6 Å². The van der Waals surface area contributed by atoms with Gasteiger partial charge in [-0.2, -0.15) is 0 Å². The summed E-state index contributed by atoms with van der Waals surface area (Å²) in [6.45, 7) is 3.48. The van der Waals surface area contributed by atoms with Gasteiger partial charge in [-0.3, -0.25) is 9.59 Å². The van der Waals surface area contributed by atoms with Crippen molar-refractivity contribution in [3.05, 3.63) is 57.6 Å². The number of hydrogen-bond acceptors (Lipinski definition) is 6. The molecule has 0 fully saturated rings. The molecule has 0 aliphatic carbocycles. The van der Waals surface area contributed by atoms with Crippen LogP contribution in [0.3, 0.4) is 0 Å². The summed E-state index contributed by atoms with van der Waals surface area (Å²) in [4.78, 5) is 28.3. The van der Waals surface area contributed by atoms with Crippen molar-refractivity contribution in [1.29, 1.82) is 0 Å². The van der Waals surface area contributed by atoms with Crippen LogP contribution in [0.1, 0.15) is 39.1 Å². The van der Waals surface area contributed by atoms with Crippen molar-refractivity contribution in [2.24, 2.45) is 0 Å². The fraction of sp³-hybridized carbons (Fsp3) is 0.211. The summed E-state index contributed by atoms with van der Waals surface area (Å²) in [6, 6.07) is 5.18. The Morgan fingerprint density at radius 1 is 1.40 bits per heavy atom. The molecule has 3 heterocycles. The standard InChI is InChI=1S/C19H18ClN7O3/c1-9-15(6-13-12-5-11(20)3-4-14(12)24-18(13)29)23-10(2)17(9)19(30)21-7-16(28)27-8-22-25-26-27/h3-6,8,16,23,28H,7H2,1-2H3,(H,21,30)(H,24,29)/b13-6-. The molecule has 4 rings (SSSR count). The number of nitrogens with zero attached hydrogens (tertiary/aromatic N) is 4. The number of aliphatic hydroxyl groups is 1. The maximum absolute atomic E-state index is 12.7. The first kappa shape index (κ1) is 19.8. The van der Waals surface area contributed by atoms with Crippen molar-refractivity contribution in [3.8, 4) is 0 Å². The molecule has 10 nitrogen and oxygen atoms in total. The maximum Gasteiger partial charge on any atom is 0.256 e. The lowest BCUT2D eigenvalue weighted by atomic mass is 10.0. The second kappa shape index (κ2) is 7.73. The van der Waals surface area contributed by atoms with E-state index in [0.29, 0.717) is 44.4 Å². The zero-order valence-corrected chi connectivity index (χ0v) is 16.9. The summed E-state index contributed by atoms with van der Waals surface area (Å²) in [5.41, 5.74) is 4.24. The normalized spacial score (nSPS) is 15.2. The number of halogens is 1. The smallest absolute Gasteiger partial charge is 0.256 e. The van der Waals surface area contributed by atoms with E-state index in [-0.39, 0.29) is 18.4 Å². The Labute approximate surface area is 175 Å². The predicted molar refractivity (Wildman–Crippen MR) is 110 cm³/mol. The van der Waals surface area contributed by atoms with Crippen LogP contribution in [0, 0.1) is 13.8 Å². The number of H-pyrrole nitrogens is 1. The maximum atomic E-state index is 12.7. The Kier molecular flexibility index (Phi) is 5.10. The fourth-order valence-electron chi connectivity index (χ4n) is 3.38. The molecule has 1 aliphatic heterocycles. The van der Waals surface area contributed by atoms with Gasteiger partial charge in [0, 0.05) is 27.7 Å². The van der Waals surface area contributed by atoms with Gasteiger partial charge >= 0.3 is 0 Å². The average molecular weight is 428 g/mol. The summed E-state index contributed by atoms with van der Waals surface area (Å²) < 4.78 is 1.13. The molecule has 1 aliphatic rings. The Bertz CT molecular complexity index is 1170. The topological polar surface area (TPSA) is 138 Å². The number of aromatic amines is 1. The summed E-state index contributed by atoms with van der Waals surface area (Å²) in [7, 11) is 0. The van der Waals surface area contributed by atoms with E-state index in [1.54, 1.807) is 38.1 Å². The second-order valence-electron chi connectivity index (χ2n) is 6.85. The van der Waals surface area contributed by atoms with Crippen molar-refractivity contribution in [3.63, 3.8) is 0 Å². The molecule has 0 saturated heterocycles. The molecule has 0 bridgehead atoms. The lowest BCUT2D eigenvalue weighted by Crippen LogP contribution is -2.31. The molecular weight excluding hydrogens is 410 g/mol. The van der Waals surface area contributed by atoms with Gasteiger partial charge in [0.05, 0.1) is 17.7 Å². The van der Waals surface area contributed by atoms with Crippen LogP contribution in [0.4, 0.5) is 5.69 Å². The highest BCUT2D eigenvalue weighted by molar-refractivity contribution is 6.36. The minimum atomic E-state index is -1.09. The lowest BCUT2D eigenvalue weighted by Gasteiger charge is -2.11. The van der Waals surface area contributed by atoms with E-state index in [1.165, 1.54) is 6.33 Å². The van der Waals surface area contributed by atoms with Gasteiger partial charge in [0.15, 0.2) is 6.23 Å². The third-order valence-electron chi connectivity index (χ3n) is 4.87. The van der Waals surface area contributed by atoms with E-state index in [4.69, 9.17) is 11.6 Å². The van der Waals surface area contributed by atoms with Crippen molar-refractivity contribution >= 4 is 40.8 Å². The van der Waals surface area contributed by atoms with Gasteiger partial charge in [0.1, 0.15) is 6.33 Å². The number of amides is 2. The van der Waals surface area contributed by atoms with E-state index in [9.17, 15) is 14.7 Å². The van der Waals surface area contributed by atoms with E-state index < -0.39 is 6.23 Å². The number of benzene rings is 1. The van der Waals surface area contributed by atoms with Crippen molar-refractivity contribution < 1.29 is 14.7 Å². The number of fused-ring (bicyclic) bond motifs is 1. The van der Waals surface area contributed by atoms with E-state index in [1.807, 2.05) is 0 Å². The number of carbonyl (C=O) groups excluding carboxylic acids is 2. The number of tetrazole rings is 1. The van der Waals surface area contributed by atoms with Crippen LogP contribution in [0.15, 0.2) is 24.5 Å². The molecule has 2 amide bonds. The molecule has 0 spiro atoms. The third-order valence-corrected chi connectivity index (χ3v) is 5.11. The molecule has 4 N–H and O–H groups in total. The summed E-state index contributed by atoms with van der Waals surface area (Å²) in [5.74, 6) is -0.605. The van der Waals surface area contributed by atoms with Gasteiger partial charge in [-0.15, -0.1) is 5.10 Å². The van der Waals surface area contributed by atoms with Gasteiger partial charge in [-0.05, 0) is 54.1 Å². The van der Waals surface area contributed by atoms with Crippen LogP contribution in [0.2, 0.25) is 5.02 Å². The Morgan fingerprint density at radius 3 is 2.93 bits per heavy atom. The fourth-order valence-corrected chi connectivity index (χ4v) is 3.55. The van der Waals surface area contributed by atoms with Crippen molar-refractivity contribution in [2.45, 2.75) is 20.1 Å². The quantitative estimate of drug-likeness (QED) is 0.457. The highest BCUT2D eigenvalue weighted by Gasteiger charge is 2.26. The number of hydrogen-bond donors (Lipinski definition) is 4. The summed E-state index contributed by atoms with van der Waals surface area (Å²) >= 11 is 6.08. The highest BCUT2D eigenvalue weighted by Crippen LogP contribution is 2.35. The minimum Gasteiger partial charge on any atom is -0.370 e. The molecule has 0 saturated carbocycles. The summed E-state index contributed by atoms with van der Waals surface area (Å²) in [6.07, 6.45) is 1.87. The Morgan fingerprint density at radius 2 is 2.20 bits per heavy atom. The molecule has 3 aromatic rings. The van der Waals surface area contributed by atoms with Crippen LogP contribution in [0.5, 0.6) is 0 Å². The number of anilines is 1. The zero-order valence-electron chi connectivity index (χ0n) is 16.1. The number of aryl methyl sites for hydroxylation is 1. The number of rotatable bonds is 5. The van der Waals surface area contributed by atoms with Crippen molar-refractivity contribution in [1.82, 2.24) is 30.5 Å². The molecule has 154 valence electrons. The molecule has 1 atom stereocenters. The monoisotopic (exact) mass is 427 g/mol. The van der Waals surface area contributed by atoms with Crippen LogP contribution < -0.4 is 10.6 Å². The van der Waals surface area contributed by atoms with Crippen LogP contribution >= 0.6 is 11.6 Å². The van der Waals surface area contributed by atoms with Gasteiger partial charge in [-0.25, -0.2) is 4.68 Å². The molecule has 30 heavy (non-hydrogen) atoms. The van der Waals surface area contributed by atoms with Gasteiger partial charge < -0.3 is 20.7 Å². The Hall–Kier alpha value is -3.50. The summed E-state index contributed by atoms with van der Waals surface area (Å²) in [5, 5.41) is 26.5. The minimum absolute atomic E-state index is 0.0708. The number of aliphatic hydroxyl groups excluding tert-OH is 1. The first-order valence-electron chi connectivity index (χ1n) is 9.06. The molecule has 1 aromatic carbocycles. The molecule has 2 aromatic heterocycles. The number of carbonyl (C=O) groups is 2. The highest BCUT2D eigenvalue weighted by atomic mass is 35.5. The molecular formula is C19H18ClN7O3. The zero-order chi connectivity index (χ0) is 21.4. The first-order chi connectivity index (χ1) is 14.3. The van der Waals surface area contributed by atoms with Crippen LogP contribution in [-0.2, 0) is 4.79 Å². The molecule has 0 radical (unpaired) electrons. The van der Waals surface area contributed by atoms with Gasteiger partial charge in [0.25, 0.3) is 11.8 Å². The van der Waals surface area contributed by atoms with Gasteiger partial charge in [0.2, 0.25) is 0 Å². The lowest BCUT2D eigenvalue weighted by molar-refractivity contribution is -0.110. The van der Waals surface area contributed by atoms with Crippen LogP contribution in [-0.4, -0.2) is 48.7 Å². The van der Waals surface area contributed by atoms with Gasteiger partial charge in [-0.1, -0.05) is 11.6 Å². The van der Waals surface area contributed by atoms with E-state index >= 15 is 0 Å². The first-order valence-corrected chi connectivity index (χ1v) is 9.44. The third kappa shape index (κ3) is 3.58. The average Bonchev–Trinajstić information content (AvgIpc) is 3.40. The predicted octanol–water partition coefficient (Wildman–Crippen LogP) is 1.69.